The number of aromatic nitrogens is 2. The van der Waals surface area contributed by atoms with Crippen LogP contribution < -0.4 is 11.1 Å². The molecule has 0 fully saturated rings. The highest BCUT2D eigenvalue weighted by atomic mass is 32.2. The highest BCUT2D eigenvalue weighted by molar-refractivity contribution is 7.99. The van der Waals surface area contributed by atoms with E-state index in [0.29, 0.717) is 5.95 Å². The molecular weight excluding hydrogens is 196 g/mol. The molecule has 0 spiro atoms. The van der Waals surface area contributed by atoms with Gasteiger partial charge in [-0.25, -0.2) is 4.98 Å². The number of hydrogen-bond donors (Lipinski definition) is 2. The van der Waals surface area contributed by atoms with Crippen molar-refractivity contribution in [1.82, 2.24) is 9.97 Å². The van der Waals surface area contributed by atoms with Crippen molar-refractivity contribution in [3.63, 3.8) is 0 Å². The van der Waals surface area contributed by atoms with Crippen LogP contribution in [0.3, 0.4) is 0 Å². The summed E-state index contributed by atoms with van der Waals surface area (Å²) in [5, 5.41) is 4.06. The number of hydrogen-bond acceptors (Lipinski definition) is 5. The molecular formula is C9H16N4S. The molecule has 78 valence electrons. The predicted octanol–water partition coefficient (Wildman–Crippen LogP) is 1.99. The Morgan fingerprint density at radius 1 is 1.43 bits per heavy atom. The standard InChI is InChI=1S/C9H16N4S/c1-3-5-14-8-6-7(11-4-2)12-9(10)13-8/h6H,3-5H2,1-2H3,(H3,10,11,12,13). The third-order valence-electron chi connectivity index (χ3n) is 1.53. The fourth-order valence-corrected chi connectivity index (χ4v) is 1.76. The van der Waals surface area contributed by atoms with Gasteiger partial charge in [-0.05, 0) is 19.1 Å². The van der Waals surface area contributed by atoms with Gasteiger partial charge in [-0.2, -0.15) is 4.98 Å². The van der Waals surface area contributed by atoms with Gasteiger partial charge in [0.15, 0.2) is 0 Å². The number of nitrogens with one attached hydrogen (secondary N) is 1. The first-order valence-electron chi connectivity index (χ1n) is 4.77. The van der Waals surface area contributed by atoms with Crippen molar-refractivity contribution >= 4 is 23.5 Å². The van der Waals surface area contributed by atoms with Gasteiger partial charge in [-0.15, -0.1) is 11.8 Å². The molecule has 0 aliphatic rings. The van der Waals surface area contributed by atoms with Crippen LogP contribution in [0, 0.1) is 0 Å². The fraction of sp³-hybridized carbons (Fsp3) is 0.556. The molecule has 0 atom stereocenters. The Morgan fingerprint density at radius 2 is 2.21 bits per heavy atom. The molecule has 0 saturated heterocycles. The highest BCUT2D eigenvalue weighted by Crippen LogP contribution is 2.19. The van der Waals surface area contributed by atoms with Crippen LogP contribution in [-0.2, 0) is 0 Å². The van der Waals surface area contributed by atoms with Gasteiger partial charge in [0.1, 0.15) is 10.8 Å². The van der Waals surface area contributed by atoms with Crippen LogP contribution in [0.25, 0.3) is 0 Å². The topological polar surface area (TPSA) is 63.8 Å². The van der Waals surface area contributed by atoms with Crippen LogP contribution in [0.1, 0.15) is 20.3 Å². The van der Waals surface area contributed by atoms with E-state index in [9.17, 15) is 0 Å². The third kappa shape index (κ3) is 3.41. The van der Waals surface area contributed by atoms with Crippen LogP contribution in [-0.4, -0.2) is 22.3 Å². The van der Waals surface area contributed by atoms with Crippen molar-refractivity contribution in [2.75, 3.05) is 23.3 Å². The van der Waals surface area contributed by atoms with Crippen molar-refractivity contribution < 1.29 is 0 Å². The molecule has 0 bridgehead atoms. The van der Waals surface area contributed by atoms with Gasteiger partial charge in [0, 0.05) is 12.6 Å². The number of thioether (sulfide) groups is 1. The van der Waals surface area contributed by atoms with Gasteiger partial charge >= 0.3 is 0 Å². The summed E-state index contributed by atoms with van der Waals surface area (Å²) >= 11 is 1.70. The van der Waals surface area contributed by atoms with E-state index in [1.54, 1.807) is 11.8 Å². The van der Waals surface area contributed by atoms with Gasteiger partial charge in [-0.1, -0.05) is 6.92 Å². The first-order valence-corrected chi connectivity index (χ1v) is 5.76. The maximum atomic E-state index is 5.59. The zero-order valence-corrected chi connectivity index (χ0v) is 9.40. The molecule has 0 saturated carbocycles. The average molecular weight is 212 g/mol. The molecule has 0 amide bonds. The van der Waals surface area contributed by atoms with E-state index in [-0.39, 0.29) is 0 Å². The molecule has 3 N–H and O–H groups in total. The minimum atomic E-state index is 0.335. The number of nitrogens with two attached hydrogens (primary N) is 1. The summed E-state index contributed by atoms with van der Waals surface area (Å²) in [6, 6.07) is 1.93. The Bertz CT molecular complexity index is 290. The smallest absolute Gasteiger partial charge is 0.223 e. The van der Waals surface area contributed by atoms with Crippen LogP contribution in [0.4, 0.5) is 11.8 Å². The first-order chi connectivity index (χ1) is 6.76. The van der Waals surface area contributed by atoms with Gasteiger partial charge < -0.3 is 11.1 Å². The summed E-state index contributed by atoms with van der Waals surface area (Å²) in [6.45, 7) is 5.01. The summed E-state index contributed by atoms with van der Waals surface area (Å²) in [5.74, 6) is 2.20. The zero-order chi connectivity index (χ0) is 10.4. The average Bonchev–Trinajstić information content (AvgIpc) is 2.14. The zero-order valence-electron chi connectivity index (χ0n) is 8.58. The maximum Gasteiger partial charge on any atom is 0.223 e. The number of rotatable bonds is 5. The second-order valence-corrected chi connectivity index (χ2v) is 3.94. The van der Waals surface area contributed by atoms with Crippen molar-refractivity contribution in [2.45, 2.75) is 25.3 Å². The first kappa shape index (κ1) is 11.1. The third-order valence-corrected chi connectivity index (χ3v) is 2.65. The Labute approximate surface area is 88.7 Å². The molecule has 1 aromatic heterocycles. The van der Waals surface area contributed by atoms with E-state index >= 15 is 0 Å². The molecule has 1 rings (SSSR count). The van der Waals surface area contributed by atoms with E-state index in [4.69, 9.17) is 5.73 Å². The Morgan fingerprint density at radius 3 is 2.86 bits per heavy atom. The van der Waals surface area contributed by atoms with Crippen LogP contribution in [0.5, 0.6) is 0 Å². The van der Waals surface area contributed by atoms with Crippen molar-refractivity contribution in [2.24, 2.45) is 0 Å². The minimum Gasteiger partial charge on any atom is -0.370 e. The quantitative estimate of drug-likeness (QED) is 0.577. The van der Waals surface area contributed by atoms with Gasteiger partial charge in [0.05, 0.1) is 0 Å². The summed E-state index contributed by atoms with van der Waals surface area (Å²) in [6.07, 6.45) is 1.13. The predicted molar refractivity (Wildman–Crippen MR) is 61.6 cm³/mol. The largest absolute Gasteiger partial charge is 0.370 e. The van der Waals surface area contributed by atoms with Crippen molar-refractivity contribution in [3.05, 3.63) is 6.07 Å². The molecule has 0 unspecified atom stereocenters. The lowest BCUT2D eigenvalue weighted by Crippen LogP contribution is -2.03. The van der Waals surface area contributed by atoms with E-state index in [0.717, 1.165) is 29.6 Å². The van der Waals surface area contributed by atoms with E-state index in [1.807, 2.05) is 13.0 Å². The molecule has 0 radical (unpaired) electrons. The molecule has 0 aromatic carbocycles. The fourth-order valence-electron chi connectivity index (χ4n) is 0.995. The van der Waals surface area contributed by atoms with Gasteiger partial charge in [0.25, 0.3) is 0 Å². The number of anilines is 2. The molecule has 0 aliphatic heterocycles. The van der Waals surface area contributed by atoms with Crippen molar-refractivity contribution in [1.29, 1.82) is 0 Å². The number of nitrogens with zero attached hydrogens (tertiary/aromatic N) is 2. The van der Waals surface area contributed by atoms with E-state index < -0.39 is 0 Å². The second kappa shape index (κ2) is 5.70. The summed E-state index contributed by atoms with van der Waals surface area (Å²) in [4.78, 5) is 8.22. The van der Waals surface area contributed by atoms with Gasteiger partial charge in [-0.3, -0.25) is 0 Å². The Kier molecular flexibility index (Phi) is 4.52. The SMILES string of the molecule is CCCSc1cc(NCC)nc(N)n1. The van der Waals surface area contributed by atoms with E-state index in [2.05, 4.69) is 22.2 Å². The monoisotopic (exact) mass is 212 g/mol. The molecule has 1 aromatic rings. The highest BCUT2D eigenvalue weighted by Gasteiger charge is 2.01. The second-order valence-electron chi connectivity index (χ2n) is 2.83. The molecule has 0 aliphatic carbocycles. The number of nitrogen functional groups attached to an aromatic ring is 1. The Hall–Kier alpha value is -0.970. The van der Waals surface area contributed by atoms with Crippen LogP contribution >= 0.6 is 11.8 Å². The van der Waals surface area contributed by atoms with Crippen molar-refractivity contribution in [3.8, 4) is 0 Å². The molecule has 4 nitrogen and oxygen atoms in total. The summed E-state index contributed by atoms with van der Waals surface area (Å²) in [5.41, 5.74) is 5.59. The maximum absolute atomic E-state index is 5.59. The molecule has 14 heavy (non-hydrogen) atoms. The van der Waals surface area contributed by atoms with Crippen LogP contribution in [0.15, 0.2) is 11.1 Å². The Balaban J connectivity index is 2.73. The van der Waals surface area contributed by atoms with Gasteiger partial charge in [0.2, 0.25) is 5.95 Å². The van der Waals surface area contributed by atoms with Crippen LogP contribution in [0.2, 0.25) is 0 Å². The lowest BCUT2D eigenvalue weighted by molar-refractivity contribution is 1.04. The molecule has 5 heteroatoms. The lowest BCUT2D eigenvalue weighted by Gasteiger charge is -2.05. The lowest BCUT2D eigenvalue weighted by atomic mass is 10.5. The summed E-state index contributed by atoms with van der Waals surface area (Å²) in [7, 11) is 0. The van der Waals surface area contributed by atoms with E-state index in [1.165, 1.54) is 0 Å². The summed E-state index contributed by atoms with van der Waals surface area (Å²) < 4.78 is 0. The minimum absolute atomic E-state index is 0.335. The normalized spacial score (nSPS) is 10.1. The molecule has 1 heterocycles.